The number of benzene rings is 3. The molecule has 0 saturated heterocycles. The zero-order valence-corrected chi connectivity index (χ0v) is 17.2. The van der Waals surface area contributed by atoms with E-state index in [1.165, 1.54) is 48.5 Å². The Morgan fingerprint density at radius 2 is 1.53 bits per heavy atom. The molecule has 158 valence electrons. The van der Waals surface area contributed by atoms with Gasteiger partial charge in [0.15, 0.2) is 23.1 Å². The van der Waals surface area contributed by atoms with Gasteiger partial charge in [-0.1, -0.05) is 29.8 Å². The predicted molar refractivity (Wildman–Crippen MR) is 109 cm³/mol. The molecule has 0 aliphatic carbocycles. The van der Waals surface area contributed by atoms with Gasteiger partial charge >= 0.3 is 0 Å². The third kappa shape index (κ3) is 5.90. The van der Waals surface area contributed by atoms with Crippen LogP contribution < -0.4 is 9.47 Å². The van der Waals surface area contributed by atoms with Crippen LogP contribution in [0.4, 0.5) is 13.2 Å². The first-order valence-corrected chi connectivity index (χ1v) is 9.54. The number of ether oxygens (including phenoxy) is 3. The highest BCUT2D eigenvalue weighted by Crippen LogP contribution is 2.28. The Hall–Kier alpha value is -2.70. The van der Waals surface area contributed by atoms with Crippen molar-refractivity contribution >= 4 is 11.6 Å². The lowest BCUT2D eigenvalue weighted by Crippen LogP contribution is -2.34. The van der Waals surface area contributed by atoms with Gasteiger partial charge in [0, 0.05) is 6.07 Å². The van der Waals surface area contributed by atoms with Crippen molar-refractivity contribution < 1.29 is 27.4 Å². The summed E-state index contributed by atoms with van der Waals surface area (Å²) in [5.41, 5.74) is -0.0865. The fourth-order valence-electron chi connectivity index (χ4n) is 2.67. The Morgan fingerprint density at radius 1 is 0.833 bits per heavy atom. The topological polar surface area (TPSA) is 27.7 Å². The van der Waals surface area contributed by atoms with E-state index in [9.17, 15) is 13.2 Å². The maximum absolute atomic E-state index is 14.1. The second kappa shape index (κ2) is 9.41. The van der Waals surface area contributed by atoms with Gasteiger partial charge in [-0.25, -0.2) is 13.2 Å². The maximum Gasteiger partial charge on any atom is 0.165 e. The lowest BCUT2D eigenvalue weighted by molar-refractivity contribution is -0.0102. The minimum atomic E-state index is -0.728. The van der Waals surface area contributed by atoms with Crippen molar-refractivity contribution in [3.05, 3.63) is 88.7 Å². The van der Waals surface area contributed by atoms with Gasteiger partial charge in [-0.2, -0.15) is 0 Å². The molecule has 0 heterocycles. The molecule has 0 spiro atoms. The molecular formula is C23H20ClF3O3. The van der Waals surface area contributed by atoms with Crippen LogP contribution in [0.3, 0.4) is 0 Å². The average molecular weight is 437 g/mol. The molecule has 7 heteroatoms. The smallest absolute Gasteiger partial charge is 0.165 e. The standard InChI is InChI=1S/C23H20ClF3O3/c1-23(2,30-16-8-10-18(25)17(24)12-16)14-28-13-15-7-9-20(27)22(11-15)29-21-6-4-3-5-19(21)26/h3-12H,13-14H2,1-2H3. The van der Waals surface area contributed by atoms with Crippen LogP contribution in [0.25, 0.3) is 0 Å². The number of hydrogen-bond acceptors (Lipinski definition) is 3. The van der Waals surface area contributed by atoms with E-state index in [2.05, 4.69) is 0 Å². The number of halogens is 4. The van der Waals surface area contributed by atoms with Crippen LogP contribution in [-0.2, 0) is 11.3 Å². The van der Waals surface area contributed by atoms with E-state index < -0.39 is 23.1 Å². The normalized spacial score (nSPS) is 11.4. The average Bonchev–Trinajstić information content (AvgIpc) is 2.68. The molecule has 0 unspecified atom stereocenters. The van der Waals surface area contributed by atoms with Crippen molar-refractivity contribution in [1.29, 1.82) is 0 Å². The second-order valence-electron chi connectivity index (χ2n) is 7.23. The van der Waals surface area contributed by atoms with Crippen molar-refractivity contribution in [3.63, 3.8) is 0 Å². The summed E-state index contributed by atoms with van der Waals surface area (Å²) in [5.74, 6) is -1.48. The fourth-order valence-corrected chi connectivity index (χ4v) is 2.84. The third-order valence-corrected chi connectivity index (χ3v) is 4.35. The largest absolute Gasteiger partial charge is 0.485 e. The summed E-state index contributed by atoms with van der Waals surface area (Å²) in [6.07, 6.45) is 0. The lowest BCUT2D eigenvalue weighted by atomic mass is 10.1. The van der Waals surface area contributed by atoms with E-state index >= 15 is 0 Å². The molecule has 3 nitrogen and oxygen atoms in total. The number of hydrogen-bond donors (Lipinski definition) is 0. The van der Waals surface area contributed by atoms with Gasteiger partial charge in [0.25, 0.3) is 0 Å². The van der Waals surface area contributed by atoms with Crippen LogP contribution in [0, 0.1) is 17.5 Å². The Morgan fingerprint density at radius 3 is 2.27 bits per heavy atom. The van der Waals surface area contributed by atoms with Crippen molar-refractivity contribution in [1.82, 2.24) is 0 Å². The minimum Gasteiger partial charge on any atom is -0.485 e. The summed E-state index contributed by atoms with van der Waals surface area (Å²) in [6, 6.07) is 14.1. The monoisotopic (exact) mass is 436 g/mol. The third-order valence-electron chi connectivity index (χ3n) is 4.06. The molecule has 0 bridgehead atoms. The van der Waals surface area contributed by atoms with Gasteiger partial charge in [-0.15, -0.1) is 0 Å². The maximum atomic E-state index is 14.1. The van der Waals surface area contributed by atoms with E-state index in [-0.39, 0.29) is 29.7 Å². The highest BCUT2D eigenvalue weighted by molar-refractivity contribution is 6.30. The van der Waals surface area contributed by atoms with Gasteiger partial charge in [-0.05, 0) is 55.8 Å². The van der Waals surface area contributed by atoms with Gasteiger partial charge in [-0.3, -0.25) is 0 Å². The highest BCUT2D eigenvalue weighted by atomic mass is 35.5. The lowest BCUT2D eigenvalue weighted by Gasteiger charge is -2.26. The van der Waals surface area contributed by atoms with Crippen LogP contribution in [0.1, 0.15) is 19.4 Å². The highest BCUT2D eigenvalue weighted by Gasteiger charge is 2.21. The van der Waals surface area contributed by atoms with Gasteiger partial charge in [0.2, 0.25) is 0 Å². The van der Waals surface area contributed by atoms with E-state index in [1.54, 1.807) is 12.1 Å². The van der Waals surface area contributed by atoms with Crippen LogP contribution >= 0.6 is 11.6 Å². The van der Waals surface area contributed by atoms with Crippen LogP contribution in [0.15, 0.2) is 60.7 Å². The Bertz CT molecular complexity index is 1020. The van der Waals surface area contributed by atoms with Crippen molar-refractivity contribution in [2.75, 3.05) is 6.61 Å². The summed E-state index contributed by atoms with van der Waals surface area (Å²) in [4.78, 5) is 0. The Labute approximate surface area is 178 Å². The first kappa shape index (κ1) is 22.0. The summed E-state index contributed by atoms with van der Waals surface area (Å²) in [5, 5.41) is -0.0297. The Kier molecular flexibility index (Phi) is 6.90. The Balaban J connectivity index is 1.60. The molecular weight excluding hydrogens is 417 g/mol. The number of para-hydroxylation sites is 1. The van der Waals surface area contributed by atoms with Crippen LogP contribution in [-0.4, -0.2) is 12.2 Å². The van der Waals surface area contributed by atoms with Crippen LogP contribution in [0.5, 0.6) is 17.2 Å². The molecule has 0 aliphatic rings. The van der Waals surface area contributed by atoms with Crippen molar-refractivity contribution in [3.8, 4) is 17.2 Å². The molecule has 0 N–H and O–H groups in total. The van der Waals surface area contributed by atoms with Crippen LogP contribution in [0.2, 0.25) is 5.02 Å². The number of rotatable bonds is 8. The first-order valence-electron chi connectivity index (χ1n) is 9.16. The molecule has 0 radical (unpaired) electrons. The molecule has 0 saturated carbocycles. The SMILES string of the molecule is CC(C)(COCc1ccc(F)c(Oc2ccccc2F)c1)Oc1ccc(F)c(Cl)c1. The van der Waals surface area contributed by atoms with Gasteiger partial charge in [0.05, 0.1) is 18.2 Å². The first-order chi connectivity index (χ1) is 14.2. The summed E-state index contributed by atoms with van der Waals surface area (Å²) in [7, 11) is 0. The molecule has 0 aromatic heterocycles. The van der Waals surface area contributed by atoms with E-state index in [1.807, 2.05) is 13.8 Å². The zero-order valence-electron chi connectivity index (χ0n) is 16.4. The van der Waals surface area contributed by atoms with E-state index in [0.717, 1.165) is 0 Å². The van der Waals surface area contributed by atoms with Gasteiger partial charge in [0.1, 0.15) is 17.2 Å². The molecule has 3 aromatic rings. The molecule has 30 heavy (non-hydrogen) atoms. The molecule has 0 atom stereocenters. The fraction of sp³-hybridized carbons (Fsp3) is 0.217. The molecule has 3 rings (SSSR count). The van der Waals surface area contributed by atoms with E-state index in [0.29, 0.717) is 11.3 Å². The molecule has 0 aliphatic heterocycles. The molecule has 0 fully saturated rings. The second-order valence-corrected chi connectivity index (χ2v) is 7.63. The minimum absolute atomic E-state index is 0.0297. The molecule has 0 amide bonds. The zero-order chi connectivity index (χ0) is 21.7. The van der Waals surface area contributed by atoms with Crippen molar-refractivity contribution in [2.45, 2.75) is 26.1 Å². The predicted octanol–water partition coefficient (Wildman–Crippen LogP) is 6.92. The molecule has 3 aromatic carbocycles. The summed E-state index contributed by atoms with van der Waals surface area (Å²) in [6.45, 7) is 3.97. The quantitative estimate of drug-likeness (QED) is 0.383. The summed E-state index contributed by atoms with van der Waals surface area (Å²) < 4.78 is 57.9. The van der Waals surface area contributed by atoms with Gasteiger partial charge < -0.3 is 14.2 Å². The van der Waals surface area contributed by atoms with E-state index in [4.69, 9.17) is 25.8 Å². The summed E-state index contributed by atoms with van der Waals surface area (Å²) >= 11 is 5.77. The van der Waals surface area contributed by atoms with Crippen molar-refractivity contribution in [2.24, 2.45) is 0 Å².